The highest BCUT2D eigenvalue weighted by Crippen LogP contribution is 2.33. The molecule has 168 valence electrons. The summed E-state index contributed by atoms with van der Waals surface area (Å²) < 4.78 is 24.9. The number of amides is 1. The lowest BCUT2D eigenvalue weighted by atomic mass is 9.96. The predicted octanol–water partition coefficient (Wildman–Crippen LogP) is 5.45. The van der Waals surface area contributed by atoms with Crippen LogP contribution in [0.1, 0.15) is 41.9 Å². The first-order chi connectivity index (χ1) is 16.1. The van der Waals surface area contributed by atoms with Crippen molar-refractivity contribution in [3.05, 3.63) is 77.9 Å². The molecule has 1 aliphatic heterocycles. The third-order valence-electron chi connectivity index (χ3n) is 5.99. The average Bonchev–Trinajstić information content (AvgIpc) is 3.35. The summed E-state index contributed by atoms with van der Waals surface area (Å²) in [7, 11) is 0. The number of ether oxygens (including phenoxy) is 1. The van der Waals surface area contributed by atoms with Gasteiger partial charge in [0.2, 0.25) is 11.8 Å². The molecule has 0 bridgehead atoms. The topological polar surface area (TPSA) is 68.5 Å². The summed E-state index contributed by atoms with van der Waals surface area (Å²) in [6, 6.07) is 17.6. The van der Waals surface area contributed by atoms with Crippen LogP contribution in [0.15, 0.2) is 65.1 Å². The number of benzene rings is 3. The number of rotatable bonds is 5. The Bertz CT molecular complexity index is 1290. The number of piperidine rings is 1. The lowest BCUT2D eigenvalue weighted by Gasteiger charge is -2.32. The maximum Gasteiger partial charge on any atom is 0.258 e. The summed E-state index contributed by atoms with van der Waals surface area (Å²) in [6.07, 6.45) is 1.68. The second-order valence-corrected chi connectivity index (χ2v) is 8.14. The van der Waals surface area contributed by atoms with Gasteiger partial charge in [-0.05, 0) is 60.9 Å². The normalized spacial score (nSPS) is 16.2. The van der Waals surface area contributed by atoms with E-state index in [-0.39, 0.29) is 17.6 Å². The van der Waals surface area contributed by atoms with Gasteiger partial charge in [-0.1, -0.05) is 30.3 Å². The number of hydrogen-bond acceptors (Lipinski definition) is 5. The minimum Gasteiger partial charge on any atom is -0.493 e. The van der Waals surface area contributed by atoms with Crippen molar-refractivity contribution in [3.8, 4) is 17.2 Å². The van der Waals surface area contributed by atoms with Crippen LogP contribution in [-0.2, 0) is 0 Å². The van der Waals surface area contributed by atoms with Crippen molar-refractivity contribution in [2.24, 2.45) is 0 Å². The van der Waals surface area contributed by atoms with E-state index in [1.54, 1.807) is 12.1 Å². The summed E-state index contributed by atoms with van der Waals surface area (Å²) in [5.74, 6) is 1.00. The molecule has 3 aromatic carbocycles. The van der Waals surface area contributed by atoms with E-state index in [0.717, 1.165) is 23.6 Å². The first kappa shape index (κ1) is 21.1. The van der Waals surface area contributed by atoms with E-state index in [1.165, 1.54) is 12.1 Å². The molecule has 1 saturated heterocycles. The lowest BCUT2D eigenvalue weighted by Crippen LogP contribution is -2.39. The van der Waals surface area contributed by atoms with E-state index in [0.29, 0.717) is 48.4 Å². The number of carbonyl (C=O) groups excluding carboxylic acids is 1. The van der Waals surface area contributed by atoms with Crippen molar-refractivity contribution in [2.45, 2.75) is 25.7 Å². The molecule has 33 heavy (non-hydrogen) atoms. The van der Waals surface area contributed by atoms with Gasteiger partial charge in [-0.3, -0.25) is 4.79 Å². The van der Waals surface area contributed by atoms with Crippen LogP contribution in [-0.4, -0.2) is 40.7 Å². The van der Waals surface area contributed by atoms with Crippen LogP contribution in [0.2, 0.25) is 0 Å². The van der Waals surface area contributed by atoms with E-state index < -0.39 is 0 Å². The molecule has 7 heteroatoms. The molecule has 1 unspecified atom stereocenters. The van der Waals surface area contributed by atoms with E-state index in [9.17, 15) is 9.18 Å². The van der Waals surface area contributed by atoms with Crippen LogP contribution in [0.25, 0.3) is 22.2 Å². The number of aromatic nitrogens is 2. The Balaban J connectivity index is 1.41. The van der Waals surface area contributed by atoms with Crippen molar-refractivity contribution < 1.29 is 18.3 Å². The number of halogens is 1. The predicted molar refractivity (Wildman–Crippen MR) is 123 cm³/mol. The third-order valence-corrected chi connectivity index (χ3v) is 5.99. The van der Waals surface area contributed by atoms with Crippen LogP contribution < -0.4 is 4.74 Å². The fourth-order valence-electron chi connectivity index (χ4n) is 4.38. The van der Waals surface area contributed by atoms with E-state index in [1.807, 2.05) is 48.2 Å². The molecule has 6 nitrogen and oxygen atoms in total. The van der Waals surface area contributed by atoms with E-state index in [4.69, 9.17) is 9.15 Å². The van der Waals surface area contributed by atoms with Crippen molar-refractivity contribution in [3.63, 3.8) is 0 Å². The Morgan fingerprint density at radius 1 is 1.12 bits per heavy atom. The highest BCUT2D eigenvalue weighted by atomic mass is 19.1. The Kier molecular flexibility index (Phi) is 5.77. The highest BCUT2D eigenvalue weighted by molar-refractivity contribution is 6.09. The molecule has 4 aromatic rings. The Hall–Kier alpha value is -3.74. The molecule has 1 aromatic heterocycles. The zero-order valence-electron chi connectivity index (χ0n) is 18.3. The smallest absolute Gasteiger partial charge is 0.258 e. The number of carbonyl (C=O) groups is 1. The Labute approximate surface area is 191 Å². The largest absolute Gasteiger partial charge is 0.493 e. The minimum atomic E-state index is -0.320. The molecule has 0 aliphatic carbocycles. The molecule has 1 fully saturated rings. The average molecular weight is 445 g/mol. The minimum absolute atomic E-state index is 0.0572. The van der Waals surface area contributed by atoms with Gasteiger partial charge in [0, 0.05) is 18.7 Å². The number of nitrogens with zero attached hydrogens (tertiary/aromatic N) is 3. The van der Waals surface area contributed by atoms with E-state index in [2.05, 4.69) is 10.2 Å². The molecular formula is C26H24FN3O3. The van der Waals surface area contributed by atoms with Gasteiger partial charge in [-0.2, -0.15) is 0 Å². The highest BCUT2D eigenvalue weighted by Gasteiger charge is 2.31. The third kappa shape index (κ3) is 4.18. The van der Waals surface area contributed by atoms with Crippen LogP contribution in [0, 0.1) is 5.82 Å². The fourth-order valence-corrected chi connectivity index (χ4v) is 4.38. The molecule has 0 radical (unpaired) electrons. The molecule has 1 aliphatic rings. The molecule has 2 heterocycles. The second-order valence-electron chi connectivity index (χ2n) is 8.14. The fraction of sp³-hybridized carbons (Fsp3) is 0.269. The second kappa shape index (κ2) is 9.02. The maximum atomic E-state index is 13.7. The molecule has 1 amide bonds. The van der Waals surface area contributed by atoms with Crippen LogP contribution in [0.4, 0.5) is 4.39 Å². The molecule has 0 N–H and O–H groups in total. The summed E-state index contributed by atoms with van der Waals surface area (Å²) in [5, 5.41) is 10.2. The zero-order chi connectivity index (χ0) is 22.8. The lowest BCUT2D eigenvalue weighted by molar-refractivity contribution is 0.0696. The number of hydrogen-bond donors (Lipinski definition) is 0. The van der Waals surface area contributed by atoms with Gasteiger partial charge in [-0.15, -0.1) is 10.2 Å². The number of fused-ring (bicyclic) bond motifs is 1. The first-order valence-corrected chi connectivity index (χ1v) is 11.2. The van der Waals surface area contributed by atoms with Gasteiger partial charge in [0.15, 0.2) is 0 Å². The summed E-state index contributed by atoms with van der Waals surface area (Å²) in [4.78, 5) is 15.5. The first-order valence-electron chi connectivity index (χ1n) is 11.2. The van der Waals surface area contributed by atoms with Gasteiger partial charge in [0.25, 0.3) is 5.91 Å². The molecule has 0 spiro atoms. The van der Waals surface area contributed by atoms with Crippen LogP contribution in [0.3, 0.4) is 0 Å². The van der Waals surface area contributed by atoms with Crippen molar-refractivity contribution >= 4 is 16.7 Å². The number of likely N-dealkylation sites (tertiary alicyclic amines) is 1. The van der Waals surface area contributed by atoms with Gasteiger partial charge >= 0.3 is 0 Å². The molecule has 5 rings (SSSR count). The van der Waals surface area contributed by atoms with Crippen molar-refractivity contribution in [1.82, 2.24) is 15.1 Å². The summed E-state index contributed by atoms with van der Waals surface area (Å²) in [5.41, 5.74) is 1.25. The monoisotopic (exact) mass is 445 g/mol. The van der Waals surface area contributed by atoms with Crippen LogP contribution in [0.5, 0.6) is 5.75 Å². The van der Waals surface area contributed by atoms with Gasteiger partial charge < -0.3 is 14.1 Å². The summed E-state index contributed by atoms with van der Waals surface area (Å²) in [6.45, 7) is 3.53. The van der Waals surface area contributed by atoms with E-state index >= 15 is 0 Å². The Morgan fingerprint density at radius 3 is 2.76 bits per heavy atom. The quantitative estimate of drug-likeness (QED) is 0.409. The molecule has 0 saturated carbocycles. The molecule has 1 atom stereocenters. The van der Waals surface area contributed by atoms with Crippen molar-refractivity contribution in [1.29, 1.82) is 0 Å². The zero-order valence-corrected chi connectivity index (χ0v) is 18.3. The Morgan fingerprint density at radius 2 is 1.94 bits per heavy atom. The summed E-state index contributed by atoms with van der Waals surface area (Å²) >= 11 is 0. The molecular weight excluding hydrogens is 421 g/mol. The van der Waals surface area contributed by atoms with Crippen LogP contribution >= 0.6 is 0 Å². The van der Waals surface area contributed by atoms with Gasteiger partial charge in [-0.25, -0.2) is 4.39 Å². The van der Waals surface area contributed by atoms with Crippen molar-refractivity contribution in [2.75, 3.05) is 19.7 Å². The SMILES string of the molecule is CCOc1ccc2ccccc2c1C(=O)N1CCCC(c2nnc(-c3ccc(F)cc3)o2)C1. The van der Waals surface area contributed by atoms with Gasteiger partial charge in [0.1, 0.15) is 11.6 Å². The van der Waals surface area contributed by atoms with Gasteiger partial charge in [0.05, 0.1) is 18.1 Å². The maximum absolute atomic E-state index is 13.7. The standard InChI is InChI=1S/C26H24FN3O3/c1-2-32-22-14-11-17-6-3-4-8-21(17)23(22)26(31)30-15-5-7-19(16-30)25-29-28-24(33-25)18-9-12-20(27)13-10-18/h3-4,6,8-14,19H,2,5,7,15-16H2,1H3.